The molecule has 0 radical (unpaired) electrons. The van der Waals surface area contributed by atoms with Gasteiger partial charge < -0.3 is 0 Å². The highest BCUT2D eigenvalue weighted by Crippen LogP contribution is 2.57. The van der Waals surface area contributed by atoms with E-state index in [1.54, 1.807) is 0 Å². The number of rotatable bonds is 0. The van der Waals surface area contributed by atoms with Gasteiger partial charge in [-0.05, 0) is 6.42 Å². The minimum Gasteiger partial charge on any atom is -0.109 e. The Bertz CT molecular complexity index is 438. The zero-order chi connectivity index (χ0) is 10.6. The standard InChI is InChI=1S/C8H6I2S5/c9-2-1-3-5(4(2)10)13-7-6(12-3)14-8(11)15-7/h2-5H,1H2/t2-,3-,4+,5+/m0/s1. The number of alkyl halides is 2. The van der Waals surface area contributed by atoms with Crippen LogP contribution in [0, 0.1) is 3.14 Å². The fraction of sp³-hybridized carbons (Fsp3) is 0.625. The Kier molecular flexibility index (Phi) is 4.02. The van der Waals surface area contributed by atoms with Crippen LogP contribution < -0.4 is 0 Å². The van der Waals surface area contributed by atoms with Crippen molar-refractivity contribution in [2.24, 2.45) is 0 Å². The molecule has 2 heterocycles. The van der Waals surface area contributed by atoms with Gasteiger partial charge in [-0.1, -0.05) is 57.4 Å². The van der Waals surface area contributed by atoms with Gasteiger partial charge in [0.05, 0.1) is 8.42 Å². The topological polar surface area (TPSA) is 0 Å². The van der Waals surface area contributed by atoms with E-state index in [0.29, 0.717) is 0 Å². The van der Waals surface area contributed by atoms with Crippen LogP contribution in [0.3, 0.4) is 0 Å². The molecule has 0 unspecified atom stereocenters. The Hall–Kier alpha value is 2.43. The maximum absolute atomic E-state index is 5.27. The highest BCUT2D eigenvalue weighted by molar-refractivity contribution is 14.1. The van der Waals surface area contributed by atoms with E-state index in [9.17, 15) is 0 Å². The zero-order valence-corrected chi connectivity index (χ0v) is 15.7. The van der Waals surface area contributed by atoms with E-state index in [1.807, 2.05) is 22.7 Å². The van der Waals surface area contributed by atoms with Crippen LogP contribution in [0.5, 0.6) is 0 Å². The van der Waals surface area contributed by atoms with Crippen LogP contribution in [0.2, 0.25) is 0 Å². The lowest BCUT2D eigenvalue weighted by atomic mass is 10.4. The fourth-order valence-corrected chi connectivity index (χ4v) is 12.1. The van der Waals surface area contributed by atoms with E-state index >= 15 is 0 Å². The summed E-state index contributed by atoms with van der Waals surface area (Å²) in [6, 6.07) is 0. The Morgan fingerprint density at radius 2 is 1.80 bits per heavy atom. The van der Waals surface area contributed by atoms with Crippen LogP contribution >= 0.6 is 104 Å². The third-order valence-electron chi connectivity index (χ3n) is 2.50. The minimum absolute atomic E-state index is 0.810. The van der Waals surface area contributed by atoms with Gasteiger partial charge in [0.15, 0.2) is 0 Å². The summed E-state index contributed by atoms with van der Waals surface area (Å²) in [5.74, 6) is 0. The normalized spacial score (nSPS) is 38.8. The van der Waals surface area contributed by atoms with E-state index < -0.39 is 0 Å². The lowest BCUT2D eigenvalue weighted by Crippen LogP contribution is -2.23. The molecule has 0 nitrogen and oxygen atoms in total. The Balaban J connectivity index is 1.95. The largest absolute Gasteiger partial charge is 0.145 e. The fourth-order valence-electron chi connectivity index (χ4n) is 1.81. The number of thioether (sulfide) groups is 2. The number of halogens is 2. The molecule has 3 rings (SSSR count). The monoisotopic (exact) mass is 516 g/mol. The van der Waals surface area contributed by atoms with Gasteiger partial charge in [0, 0.05) is 18.3 Å². The van der Waals surface area contributed by atoms with Gasteiger partial charge in [0.1, 0.15) is 3.14 Å². The molecule has 1 fully saturated rings. The molecule has 0 spiro atoms. The molecule has 0 bridgehead atoms. The molecule has 2 aliphatic rings. The van der Waals surface area contributed by atoms with Crippen molar-refractivity contribution in [1.29, 1.82) is 0 Å². The number of fused-ring (bicyclic) bond motifs is 2. The van der Waals surface area contributed by atoms with E-state index in [2.05, 4.69) is 68.7 Å². The highest BCUT2D eigenvalue weighted by Gasteiger charge is 2.45. The lowest BCUT2D eigenvalue weighted by molar-refractivity contribution is 0.926. The zero-order valence-electron chi connectivity index (χ0n) is 7.31. The van der Waals surface area contributed by atoms with Gasteiger partial charge in [-0.15, -0.1) is 46.2 Å². The third kappa shape index (κ3) is 2.32. The van der Waals surface area contributed by atoms with E-state index in [-0.39, 0.29) is 0 Å². The Morgan fingerprint density at radius 1 is 1.13 bits per heavy atom. The first-order valence-electron chi connectivity index (χ1n) is 4.40. The molecule has 1 aromatic rings. The SMILES string of the molecule is S=c1sc2c(s1)S[C@H]1C[C@H](I)[C@@H](I)[C@@H]1S2. The molecule has 1 aliphatic heterocycles. The quantitative estimate of drug-likeness (QED) is 0.255. The molecule has 4 atom stereocenters. The van der Waals surface area contributed by atoms with Crippen LogP contribution in [-0.4, -0.2) is 18.3 Å². The molecule has 0 saturated heterocycles. The van der Waals surface area contributed by atoms with E-state index in [1.165, 1.54) is 14.8 Å². The van der Waals surface area contributed by atoms with Crippen molar-refractivity contribution >= 4 is 104 Å². The Morgan fingerprint density at radius 3 is 2.53 bits per heavy atom. The van der Waals surface area contributed by atoms with Gasteiger partial charge >= 0.3 is 0 Å². The average molecular weight is 516 g/mol. The molecule has 0 amide bonds. The van der Waals surface area contributed by atoms with Gasteiger partial charge in [-0.2, -0.15) is 0 Å². The van der Waals surface area contributed by atoms with Crippen molar-refractivity contribution in [3.63, 3.8) is 0 Å². The van der Waals surface area contributed by atoms with Crippen molar-refractivity contribution < 1.29 is 0 Å². The summed E-state index contributed by atoms with van der Waals surface area (Å²) < 4.78 is 5.74. The van der Waals surface area contributed by atoms with Gasteiger partial charge in [0.2, 0.25) is 0 Å². The van der Waals surface area contributed by atoms with Crippen molar-refractivity contribution in [1.82, 2.24) is 0 Å². The second-order valence-corrected chi connectivity index (χ2v) is 12.7. The molecule has 1 aliphatic carbocycles. The summed E-state index contributed by atoms with van der Waals surface area (Å²) in [5.41, 5.74) is 0. The maximum atomic E-state index is 5.27. The summed E-state index contributed by atoms with van der Waals surface area (Å²) in [5, 5.41) is 1.64. The first-order valence-corrected chi connectivity index (χ1v) is 10.7. The average Bonchev–Trinajstić information content (AvgIpc) is 2.65. The molecule has 0 N–H and O–H groups in total. The first-order chi connectivity index (χ1) is 7.15. The van der Waals surface area contributed by atoms with Gasteiger partial charge in [-0.25, -0.2) is 0 Å². The predicted octanol–water partition coefficient (Wildman–Crippen LogP) is 5.48. The smallest absolute Gasteiger partial charge is 0.109 e. The molecule has 15 heavy (non-hydrogen) atoms. The van der Waals surface area contributed by atoms with E-state index in [4.69, 9.17) is 12.2 Å². The molecule has 0 aromatic carbocycles. The van der Waals surface area contributed by atoms with Crippen molar-refractivity contribution in [2.75, 3.05) is 0 Å². The summed E-state index contributed by atoms with van der Waals surface area (Å²) >= 11 is 18.3. The highest BCUT2D eigenvalue weighted by atomic mass is 127. The summed E-state index contributed by atoms with van der Waals surface area (Å²) in [6.07, 6.45) is 1.37. The van der Waals surface area contributed by atoms with Crippen molar-refractivity contribution in [2.45, 2.75) is 33.2 Å². The van der Waals surface area contributed by atoms with Crippen LogP contribution in [-0.2, 0) is 0 Å². The molecule has 1 aromatic heterocycles. The maximum Gasteiger partial charge on any atom is 0.145 e. The molecule has 82 valence electrons. The first kappa shape index (κ1) is 12.5. The van der Waals surface area contributed by atoms with Gasteiger partial charge in [-0.3, -0.25) is 0 Å². The summed E-state index contributed by atoms with van der Waals surface area (Å²) in [6.45, 7) is 0. The summed E-state index contributed by atoms with van der Waals surface area (Å²) in [4.78, 5) is 0. The van der Waals surface area contributed by atoms with Crippen LogP contribution in [0.1, 0.15) is 6.42 Å². The predicted molar refractivity (Wildman–Crippen MR) is 92.6 cm³/mol. The van der Waals surface area contributed by atoms with Crippen LogP contribution in [0.15, 0.2) is 8.42 Å². The number of hydrogen-bond acceptors (Lipinski definition) is 5. The van der Waals surface area contributed by atoms with Crippen molar-refractivity contribution in [3.8, 4) is 0 Å². The lowest BCUT2D eigenvalue weighted by Gasteiger charge is -2.25. The van der Waals surface area contributed by atoms with Gasteiger partial charge in [0.25, 0.3) is 0 Å². The minimum atomic E-state index is 0.810. The second kappa shape index (κ2) is 4.84. The van der Waals surface area contributed by atoms with Crippen molar-refractivity contribution in [3.05, 3.63) is 3.14 Å². The molecular weight excluding hydrogens is 510 g/mol. The molecule has 7 heteroatoms. The Labute approximate surface area is 138 Å². The van der Waals surface area contributed by atoms with Crippen LogP contribution in [0.25, 0.3) is 0 Å². The second-order valence-electron chi connectivity index (χ2n) is 3.46. The molecular formula is C8H6I2S5. The molecule has 1 saturated carbocycles. The van der Waals surface area contributed by atoms with E-state index in [0.717, 1.165) is 21.5 Å². The third-order valence-corrected chi connectivity index (χ3v) is 13.7. The van der Waals surface area contributed by atoms with Crippen LogP contribution in [0.4, 0.5) is 0 Å². The summed E-state index contributed by atoms with van der Waals surface area (Å²) in [7, 11) is 0. The number of hydrogen-bond donors (Lipinski definition) is 0.